The van der Waals surface area contributed by atoms with Gasteiger partial charge in [-0.1, -0.05) is 24.6 Å². The zero-order valence-electron chi connectivity index (χ0n) is 22.6. The molecule has 2 amide bonds. The molecule has 0 atom stereocenters. The minimum atomic E-state index is -0.385. The van der Waals surface area contributed by atoms with E-state index in [4.69, 9.17) is 9.47 Å². The maximum absolute atomic E-state index is 13.6. The Labute approximate surface area is 221 Å². The van der Waals surface area contributed by atoms with Gasteiger partial charge in [0, 0.05) is 45.8 Å². The fraction of sp³-hybridized carbons (Fsp3) is 0.533. The number of amides is 2. The van der Waals surface area contributed by atoms with Crippen molar-refractivity contribution in [3.63, 3.8) is 0 Å². The van der Waals surface area contributed by atoms with Gasteiger partial charge < -0.3 is 24.2 Å². The summed E-state index contributed by atoms with van der Waals surface area (Å²) in [4.78, 5) is 32.6. The number of fused-ring (bicyclic) bond motifs is 1. The number of anilines is 1. The lowest BCUT2D eigenvalue weighted by Crippen LogP contribution is -2.51. The van der Waals surface area contributed by atoms with Crippen LogP contribution in [0, 0.1) is 5.41 Å². The Morgan fingerprint density at radius 1 is 1.03 bits per heavy atom. The van der Waals surface area contributed by atoms with E-state index in [1.165, 1.54) is 5.56 Å². The fourth-order valence-corrected chi connectivity index (χ4v) is 5.57. The first-order valence-electron chi connectivity index (χ1n) is 13.5. The average molecular weight is 508 g/mol. The van der Waals surface area contributed by atoms with E-state index in [9.17, 15) is 9.59 Å². The van der Waals surface area contributed by atoms with E-state index in [0.29, 0.717) is 39.2 Å². The smallest absolute Gasteiger partial charge is 0.228 e. The van der Waals surface area contributed by atoms with Crippen molar-refractivity contribution in [3.8, 4) is 11.5 Å². The molecule has 2 aromatic rings. The number of hydrogen-bond donors (Lipinski definition) is 0. The molecule has 200 valence electrons. The number of carbonyl (C=O) groups is 2. The zero-order chi connectivity index (χ0) is 26.3. The van der Waals surface area contributed by atoms with Crippen molar-refractivity contribution < 1.29 is 19.1 Å². The highest BCUT2D eigenvalue weighted by atomic mass is 16.5. The van der Waals surface area contributed by atoms with Crippen molar-refractivity contribution in [2.45, 2.75) is 44.9 Å². The first kappa shape index (κ1) is 26.8. The molecule has 0 unspecified atom stereocenters. The van der Waals surface area contributed by atoms with E-state index in [0.717, 1.165) is 55.7 Å². The molecule has 0 radical (unpaired) electrons. The summed E-state index contributed by atoms with van der Waals surface area (Å²) >= 11 is 0. The van der Waals surface area contributed by atoms with E-state index < -0.39 is 0 Å². The van der Waals surface area contributed by atoms with Crippen molar-refractivity contribution in [3.05, 3.63) is 54.1 Å². The summed E-state index contributed by atoms with van der Waals surface area (Å²) in [7, 11) is 5.54. The summed E-state index contributed by atoms with van der Waals surface area (Å²) in [6.45, 7) is 2.99. The highest BCUT2D eigenvalue weighted by Gasteiger charge is 2.43. The van der Waals surface area contributed by atoms with Crippen LogP contribution in [0.1, 0.15) is 44.1 Å². The number of rotatable bonds is 5. The van der Waals surface area contributed by atoms with Crippen LogP contribution >= 0.6 is 0 Å². The minimum absolute atomic E-state index is 0.161. The van der Waals surface area contributed by atoms with Crippen LogP contribution in [0.4, 0.5) is 5.69 Å². The SMILES string of the molecule is COc1ccc(N(C)CCC(=O)N2CCC3(CCCCc4ccccc4OCCN(C)C3=O)CC2)cc1. The van der Waals surface area contributed by atoms with Crippen LogP contribution in [0.2, 0.25) is 0 Å². The predicted octanol–water partition coefficient (Wildman–Crippen LogP) is 4.39. The monoisotopic (exact) mass is 507 g/mol. The third-order valence-corrected chi connectivity index (χ3v) is 8.06. The highest BCUT2D eigenvalue weighted by molar-refractivity contribution is 5.83. The number of benzene rings is 2. The first-order chi connectivity index (χ1) is 17.9. The molecule has 0 saturated carbocycles. The molecular formula is C30H41N3O4. The molecule has 7 heteroatoms. The van der Waals surface area contributed by atoms with Gasteiger partial charge in [-0.25, -0.2) is 0 Å². The molecule has 0 aromatic heterocycles. The molecule has 2 aliphatic rings. The number of likely N-dealkylation sites (tertiary alicyclic amines) is 1. The summed E-state index contributed by atoms with van der Waals surface area (Å²) in [5, 5.41) is 0. The summed E-state index contributed by atoms with van der Waals surface area (Å²) in [5.74, 6) is 2.12. The largest absolute Gasteiger partial charge is 0.497 e. The Kier molecular flexibility index (Phi) is 8.95. The predicted molar refractivity (Wildman–Crippen MR) is 146 cm³/mol. The highest BCUT2D eigenvalue weighted by Crippen LogP contribution is 2.39. The lowest BCUT2D eigenvalue weighted by molar-refractivity contribution is -0.148. The standard InChI is InChI=1S/C30H41N3O4/c1-31(25-11-13-26(36-3)14-12-25)19-15-28(34)33-20-17-30(18-21-33)16-7-6-9-24-8-4-5-10-27(24)37-23-22-32(2)29(30)35/h4-5,8,10-14H,6-7,9,15-23H2,1-3H3. The van der Waals surface area contributed by atoms with E-state index in [1.807, 2.05) is 60.3 Å². The number of piperidine rings is 1. The number of hydrogen-bond acceptors (Lipinski definition) is 5. The van der Waals surface area contributed by atoms with E-state index in [2.05, 4.69) is 17.0 Å². The lowest BCUT2D eigenvalue weighted by atomic mass is 9.73. The van der Waals surface area contributed by atoms with Crippen molar-refractivity contribution in [1.82, 2.24) is 9.80 Å². The first-order valence-corrected chi connectivity index (χ1v) is 13.5. The fourth-order valence-electron chi connectivity index (χ4n) is 5.57. The number of likely N-dealkylation sites (N-methyl/N-ethyl adjacent to an activating group) is 1. The molecule has 1 saturated heterocycles. The van der Waals surface area contributed by atoms with Crippen molar-refractivity contribution in [2.75, 3.05) is 58.9 Å². The van der Waals surface area contributed by atoms with Gasteiger partial charge in [-0.05, 0) is 68.0 Å². The molecule has 0 N–H and O–H groups in total. The molecule has 1 spiro atoms. The lowest BCUT2D eigenvalue weighted by Gasteiger charge is -2.43. The molecule has 0 aliphatic carbocycles. The normalized spacial score (nSPS) is 18.3. The van der Waals surface area contributed by atoms with Gasteiger partial charge in [0.05, 0.1) is 19.1 Å². The van der Waals surface area contributed by atoms with Gasteiger partial charge in [0.25, 0.3) is 0 Å². The molecule has 2 aromatic carbocycles. The van der Waals surface area contributed by atoms with E-state index in [-0.39, 0.29) is 17.2 Å². The van der Waals surface area contributed by atoms with Crippen LogP contribution in [0.3, 0.4) is 0 Å². The number of aryl methyl sites for hydroxylation is 1. The molecular weight excluding hydrogens is 466 g/mol. The Morgan fingerprint density at radius 3 is 2.49 bits per heavy atom. The van der Waals surface area contributed by atoms with Crippen LogP contribution < -0.4 is 14.4 Å². The number of nitrogens with zero attached hydrogens (tertiary/aromatic N) is 3. The summed E-state index contributed by atoms with van der Waals surface area (Å²) in [5.41, 5.74) is 1.91. The third-order valence-electron chi connectivity index (χ3n) is 8.06. The van der Waals surface area contributed by atoms with Gasteiger partial charge in [0.15, 0.2) is 0 Å². The third kappa shape index (κ3) is 6.56. The van der Waals surface area contributed by atoms with Gasteiger partial charge in [-0.15, -0.1) is 0 Å². The number of methoxy groups -OCH3 is 1. The average Bonchev–Trinajstić information content (AvgIpc) is 2.94. The Balaban J connectivity index is 1.33. The number of para-hydroxylation sites is 1. The van der Waals surface area contributed by atoms with Crippen molar-refractivity contribution >= 4 is 17.5 Å². The maximum Gasteiger partial charge on any atom is 0.228 e. The summed E-state index contributed by atoms with van der Waals surface area (Å²) in [6.07, 6.45) is 5.78. The second-order valence-corrected chi connectivity index (χ2v) is 10.4. The van der Waals surface area contributed by atoms with E-state index >= 15 is 0 Å². The molecule has 2 aliphatic heterocycles. The number of ether oxygens (including phenoxy) is 2. The van der Waals surface area contributed by atoms with Crippen molar-refractivity contribution in [2.24, 2.45) is 5.41 Å². The van der Waals surface area contributed by atoms with Crippen molar-refractivity contribution in [1.29, 1.82) is 0 Å². The van der Waals surface area contributed by atoms with Gasteiger partial charge >= 0.3 is 0 Å². The Hall–Kier alpha value is -3.22. The molecule has 1 fully saturated rings. The van der Waals surface area contributed by atoms with Gasteiger partial charge in [-0.2, -0.15) is 0 Å². The molecule has 4 rings (SSSR count). The van der Waals surface area contributed by atoms with Crippen LogP contribution in [0.25, 0.3) is 0 Å². The number of carbonyl (C=O) groups excluding carboxylic acids is 2. The van der Waals surface area contributed by atoms with Gasteiger partial charge in [-0.3, -0.25) is 9.59 Å². The minimum Gasteiger partial charge on any atom is -0.497 e. The molecule has 7 nitrogen and oxygen atoms in total. The topological polar surface area (TPSA) is 62.3 Å². The molecule has 2 heterocycles. The van der Waals surface area contributed by atoms with Gasteiger partial charge in [0.2, 0.25) is 11.8 Å². The van der Waals surface area contributed by atoms with Crippen LogP contribution in [-0.2, 0) is 16.0 Å². The Morgan fingerprint density at radius 2 is 1.76 bits per heavy atom. The van der Waals surface area contributed by atoms with Crippen LogP contribution in [-0.4, -0.2) is 75.6 Å². The zero-order valence-corrected chi connectivity index (χ0v) is 22.6. The van der Waals surface area contributed by atoms with E-state index in [1.54, 1.807) is 7.11 Å². The Bertz CT molecular complexity index is 1050. The second-order valence-electron chi connectivity index (χ2n) is 10.4. The summed E-state index contributed by atoms with van der Waals surface area (Å²) in [6, 6.07) is 16.1. The maximum atomic E-state index is 13.6. The molecule has 0 bridgehead atoms. The molecule has 37 heavy (non-hydrogen) atoms. The second kappa shape index (κ2) is 12.3. The van der Waals surface area contributed by atoms with Crippen LogP contribution in [0.15, 0.2) is 48.5 Å². The van der Waals surface area contributed by atoms with Crippen LogP contribution in [0.5, 0.6) is 11.5 Å². The van der Waals surface area contributed by atoms with Gasteiger partial charge in [0.1, 0.15) is 18.1 Å². The quantitative estimate of drug-likeness (QED) is 0.601. The summed E-state index contributed by atoms with van der Waals surface area (Å²) < 4.78 is 11.3.